The van der Waals surface area contributed by atoms with Crippen LogP contribution in [0.1, 0.15) is 97.9 Å². The van der Waals surface area contributed by atoms with Crippen LogP contribution in [0.4, 0.5) is 22.7 Å². The molecule has 0 amide bonds. The van der Waals surface area contributed by atoms with Crippen molar-refractivity contribution >= 4 is 45.0 Å². The number of nitrogens with one attached hydrogen (secondary N) is 2. The molecule has 0 unspecified atom stereocenters. The van der Waals surface area contributed by atoms with Gasteiger partial charge >= 0.3 is 0 Å². The smallest absolute Gasteiger partial charge is 0.0337 e. The van der Waals surface area contributed by atoms with Crippen LogP contribution in [-0.4, -0.2) is 14.1 Å². The van der Waals surface area contributed by atoms with E-state index in [1.54, 1.807) is 0 Å². The van der Waals surface area contributed by atoms with Crippen molar-refractivity contribution in [2.75, 3.05) is 36.2 Å². The lowest BCUT2D eigenvalue weighted by atomic mass is 9.89. The molecule has 4 aromatic carbocycles. The SMILES string of the molecule is C=C1\C=C/C(C)=C(c2ccc(NC)cc2)/C(C)=C/C=C(C)/C(c2ccc(NC)cc2)=C(C)/C=C\C/C(c2ccc(N)cc2)=C(C)/C=C\C(C)=C\1c1ccc(N)cc1.CC.CC. The van der Waals surface area contributed by atoms with Gasteiger partial charge in [-0.1, -0.05) is 131 Å². The third kappa shape index (κ3) is 13.5. The van der Waals surface area contributed by atoms with E-state index in [1.165, 1.54) is 39.0 Å². The Morgan fingerprint density at radius 1 is 0.426 bits per heavy atom. The lowest BCUT2D eigenvalue weighted by molar-refractivity contribution is 1.32. The van der Waals surface area contributed by atoms with Gasteiger partial charge in [0.15, 0.2) is 0 Å². The average molecular weight is 811 g/mol. The van der Waals surface area contributed by atoms with Gasteiger partial charge in [0.25, 0.3) is 0 Å². The number of anilines is 4. The molecule has 4 nitrogen and oxygen atoms in total. The van der Waals surface area contributed by atoms with Gasteiger partial charge in [-0.25, -0.2) is 0 Å². The van der Waals surface area contributed by atoms with Crippen LogP contribution in [-0.2, 0) is 0 Å². The predicted molar refractivity (Wildman–Crippen MR) is 275 cm³/mol. The Bertz CT molecular complexity index is 2360. The highest BCUT2D eigenvalue weighted by Gasteiger charge is 2.13. The molecule has 0 heterocycles. The molecule has 0 fully saturated rings. The molecule has 0 bridgehead atoms. The van der Waals surface area contributed by atoms with Gasteiger partial charge in [-0.3, -0.25) is 0 Å². The molecule has 6 N–H and O–H groups in total. The fourth-order valence-electron chi connectivity index (χ4n) is 7.33. The number of allylic oxidation sites excluding steroid dienone is 19. The zero-order chi connectivity index (χ0) is 45.1. The van der Waals surface area contributed by atoms with Crippen LogP contribution in [0.2, 0.25) is 0 Å². The van der Waals surface area contributed by atoms with Crippen molar-refractivity contribution in [3.05, 3.63) is 214 Å². The molecule has 318 valence electrons. The largest absolute Gasteiger partial charge is 0.399 e. The van der Waals surface area contributed by atoms with Gasteiger partial charge in [0, 0.05) is 36.8 Å². The highest BCUT2D eigenvalue weighted by Crippen LogP contribution is 2.34. The van der Waals surface area contributed by atoms with Crippen LogP contribution in [0.5, 0.6) is 0 Å². The van der Waals surface area contributed by atoms with Crippen LogP contribution in [0, 0.1) is 0 Å². The van der Waals surface area contributed by atoms with E-state index in [4.69, 9.17) is 11.5 Å². The molecule has 0 aromatic heterocycles. The second-order valence-electron chi connectivity index (χ2n) is 14.7. The highest BCUT2D eigenvalue weighted by atomic mass is 14.8. The Hall–Kier alpha value is -6.52. The molecule has 0 saturated carbocycles. The van der Waals surface area contributed by atoms with Gasteiger partial charge in [-0.05, 0) is 180 Å². The molecule has 0 atom stereocenters. The van der Waals surface area contributed by atoms with Crippen molar-refractivity contribution in [2.45, 2.75) is 75.7 Å². The molecule has 0 radical (unpaired) electrons. The minimum atomic E-state index is 0.726. The first-order valence-electron chi connectivity index (χ1n) is 21.6. The van der Waals surface area contributed by atoms with Gasteiger partial charge < -0.3 is 22.1 Å². The number of hydrogen-bond donors (Lipinski definition) is 4. The van der Waals surface area contributed by atoms with E-state index in [2.05, 4.69) is 180 Å². The molecule has 61 heavy (non-hydrogen) atoms. The van der Waals surface area contributed by atoms with Crippen LogP contribution in [0.3, 0.4) is 0 Å². The summed E-state index contributed by atoms with van der Waals surface area (Å²) in [6.07, 6.45) is 18.5. The minimum absolute atomic E-state index is 0.726. The number of nitrogen functional groups attached to an aromatic ring is 2. The van der Waals surface area contributed by atoms with E-state index >= 15 is 0 Å². The van der Waals surface area contributed by atoms with Gasteiger partial charge in [-0.2, -0.15) is 0 Å². The van der Waals surface area contributed by atoms with E-state index < -0.39 is 0 Å². The summed E-state index contributed by atoms with van der Waals surface area (Å²) < 4.78 is 0. The van der Waals surface area contributed by atoms with Crippen molar-refractivity contribution in [1.82, 2.24) is 0 Å². The summed E-state index contributed by atoms with van der Waals surface area (Å²) in [5.41, 5.74) is 32.9. The van der Waals surface area contributed by atoms with E-state index in [-0.39, 0.29) is 0 Å². The number of benzene rings is 4. The number of rotatable bonds is 6. The van der Waals surface area contributed by atoms with E-state index in [0.29, 0.717) is 0 Å². The lowest BCUT2D eigenvalue weighted by Gasteiger charge is -2.16. The fraction of sp³-hybridized carbons (Fsp3) is 0.228. The third-order valence-corrected chi connectivity index (χ3v) is 10.5. The van der Waals surface area contributed by atoms with Crippen molar-refractivity contribution in [3.63, 3.8) is 0 Å². The van der Waals surface area contributed by atoms with Crippen molar-refractivity contribution in [3.8, 4) is 0 Å². The lowest BCUT2D eigenvalue weighted by Crippen LogP contribution is -1.95. The Balaban J connectivity index is 0.00000241. The van der Waals surface area contributed by atoms with Gasteiger partial charge in [0.05, 0.1) is 0 Å². The highest BCUT2D eigenvalue weighted by molar-refractivity contribution is 5.88. The molecule has 1 aliphatic rings. The Kier molecular flexibility index (Phi) is 19.6. The van der Waals surface area contributed by atoms with Crippen LogP contribution >= 0.6 is 0 Å². The Morgan fingerprint density at radius 3 is 1.21 bits per heavy atom. The zero-order valence-electron chi connectivity index (χ0n) is 38.9. The molecule has 4 heteroatoms. The third-order valence-electron chi connectivity index (χ3n) is 10.5. The van der Waals surface area contributed by atoms with Crippen LogP contribution in [0.25, 0.3) is 22.3 Å². The number of hydrogen-bond acceptors (Lipinski definition) is 4. The molecule has 1 aliphatic carbocycles. The predicted octanol–water partition coefficient (Wildman–Crippen LogP) is 15.7. The fourth-order valence-corrected chi connectivity index (χ4v) is 7.33. The minimum Gasteiger partial charge on any atom is -0.399 e. The maximum Gasteiger partial charge on any atom is 0.0337 e. The quantitative estimate of drug-likeness (QED) is 0.146. The summed E-state index contributed by atoms with van der Waals surface area (Å²) in [4.78, 5) is 0. The maximum atomic E-state index is 6.14. The van der Waals surface area contributed by atoms with E-state index in [1.807, 2.05) is 66.1 Å². The molecule has 4 aromatic rings. The molecule has 0 spiro atoms. The standard InChI is InChI=1S/C53H58N4.2C2H6/c1-35-13-14-37(3)52(43-21-29-47(55)30-22-43)39(5)17-18-41(7)53(45-25-33-49(57-9)34-26-45)40(6)16-15-38(4)51(44-23-31-48(56-8)32-24-44)36(2)11-10-12-50(35)42-19-27-46(54)28-20-42;2*1-2/h10-11,13-34,56-57H,5,12,54-55H2,1-4,6-9H3;2*1-2H3/b11-10-,14-13-,18-17-,38-15+,40-16+,50-35-,51-36-,52-37-,53-41-;;. The number of nitrogens with two attached hydrogens (primary N) is 2. The molecular formula is C57H70N4. The van der Waals surface area contributed by atoms with Crippen LogP contribution in [0.15, 0.2) is 191 Å². The zero-order valence-corrected chi connectivity index (χ0v) is 38.9. The molecule has 0 saturated heterocycles. The van der Waals surface area contributed by atoms with Gasteiger partial charge in [0.2, 0.25) is 0 Å². The monoisotopic (exact) mass is 811 g/mol. The van der Waals surface area contributed by atoms with Crippen molar-refractivity contribution < 1.29 is 0 Å². The summed E-state index contributed by atoms with van der Waals surface area (Å²) in [6, 6.07) is 33.5. The first kappa shape index (κ1) is 48.8. The van der Waals surface area contributed by atoms with E-state index in [0.717, 1.165) is 73.7 Å². The maximum absolute atomic E-state index is 6.14. The molecule has 0 aliphatic heterocycles. The summed E-state index contributed by atoms with van der Waals surface area (Å²) in [7, 11) is 3.90. The first-order valence-corrected chi connectivity index (χ1v) is 21.6. The Labute approximate surface area is 369 Å². The van der Waals surface area contributed by atoms with E-state index in [9.17, 15) is 0 Å². The first-order chi connectivity index (χ1) is 29.4. The second-order valence-corrected chi connectivity index (χ2v) is 14.7. The summed E-state index contributed by atoms with van der Waals surface area (Å²) in [5, 5.41) is 6.52. The molecular weight excluding hydrogens is 741 g/mol. The van der Waals surface area contributed by atoms with Gasteiger partial charge in [0.1, 0.15) is 0 Å². The van der Waals surface area contributed by atoms with Crippen molar-refractivity contribution in [2.24, 2.45) is 0 Å². The summed E-state index contributed by atoms with van der Waals surface area (Å²) in [6.45, 7) is 25.8. The summed E-state index contributed by atoms with van der Waals surface area (Å²) >= 11 is 0. The summed E-state index contributed by atoms with van der Waals surface area (Å²) in [5.74, 6) is 0. The van der Waals surface area contributed by atoms with Crippen molar-refractivity contribution in [1.29, 1.82) is 0 Å². The van der Waals surface area contributed by atoms with Gasteiger partial charge in [-0.15, -0.1) is 0 Å². The topological polar surface area (TPSA) is 76.1 Å². The Morgan fingerprint density at radius 2 is 0.770 bits per heavy atom. The molecule has 5 rings (SSSR count). The second kappa shape index (κ2) is 24.5. The normalized spacial score (nSPS) is 22.4. The van der Waals surface area contributed by atoms with Crippen LogP contribution < -0.4 is 22.1 Å². The average Bonchev–Trinajstić information content (AvgIpc) is 3.28.